The molecule has 10 nitrogen and oxygen atoms in total. The van der Waals surface area contributed by atoms with Gasteiger partial charge in [0.2, 0.25) is 0 Å². The topological polar surface area (TPSA) is 117 Å². The fourth-order valence-corrected chi connectivity index (χ4v) is 4.80. The van der Waals surface area contributed by atoms with Crippen LogP contribution in [0.1, 0.15) is 12.8 Å². The Labute approximate surface area is 164 Å². The van der Waals surface area contributed by atoms with Crippen LogP contribution in [0.25, 0.3) is 11.4 Å². The second-order valence-corrected chi connectivity index (χ2v) is 9.31. The van der Waals surface area contributed by atoms with Crippen LogP contribution in [0.3, 0.4) is 0 Å². The highest BCUT2D eigenvalue weighted by molar-refractivity contribution is 7.90. The molecule has 2 aromatic heterocycles. The minimum Gasteiger partial charge on any atom is -0.379 e. The summed E-state index contributed by atoms with van der Waals surface area (Å²) in [5, 5.41) is 13.8. The Morgan fingerprint density at radius 1 is 1.21 bits per heavy atom. The van der Waals surface area contributed by atoms with E-state index < -0.39 is 9.84 Å². The molecule has 2 aliphatic rings. The predicted molar refractivity (Wildman–Crippen MR) is 103 cm³/mol. The number of anilines is 1. The zero-order valence-electron chi connectivity index (χ0n) is 15.9. The fraction of sp³-hybridized carbons (Fsp3) is 0.647. The Balaban J connectivity index is 1.54. The highest BCUT2D eigenvalue weighted by Crippen LogP contribution is 2.35. The standard InChI is InChI=1S/C17H25N7O3S/c1-28(25,26)17-15(16-19-21-22-20-16)14(2-5-18-17)24-6-3-13(4-7-24)12-23-8-10-27-11-9-23/h2,5,13H,3-4,6-12H2,1H3,(H,19,20,21,22). The van der Waals surface area contributed by atoms with E-state index in [2.05, 4.69) is 35.4 Å². The van der Waals surface area contributed by atoms with Crippen LogP contribution in [0.2, 0.25) is 0 Å². The van der Waals surface area contributed by atoms with Crippen LogP contribution in [0.4, 0.5) is 5.69 Å². The third kappa shape index (κ3) is 4.15. The van der Waals surface area contributed by atoms with E-state index in [1.807, 2.05) is 6.07 Å². The maximum Gasteiger partial charge on any atom is 0.193 e. The number of pyridine rings is 1. The Morgan fingerprint density at radius 3 is 2.61 bits per heavy atom. The van der Waals surface area contributed by atoms with Gasteiger partial charge in [0.05, 0.1) is 24.5 Å². The zero-order chi connectivity index (χ0) is 19.6. The molecule has 0 amide bonds. The summed E-state index contributed by atoms with van der Waals surface area (Å²) in [7, 11) is -3.52. The molecule has 0 aliphatic carbocycles. The van der Waals surface area contributed by atoms with E-state index in [1.54, 1.807) is 6.20 Å². The van der Waals surface area contributed by atoms with E-state index in [9.17, 15) is 8.42 Å². The molecular weight excluding hydrogens is 382 g/mol. The van der Waals surface area contributed by atoms with Crippen molar-refractivity contribution in [2.24, 2.45) is 5.92 Å². The normalized spacial score (nSPS) is 19.8. The largest absolute Gasteiger partial charge is 0.379 e. The van der Waals surface area contributed by atoms with Crippen LogP contribution < -0.4 is 4.90 Å². The van der Waals surface area contributed by atoms with Gasteiger partial charge in [-0.2, -0.15) is 0 Å². The minimum atomic E-state index is -3.52. The highest BCUT2D eigenvalue weighted by atomic mass is 32.2. The third-order valence-electron chi connectivity index (χ3n) is 5.40. The van der Waals surface area contributed by atoms with Crippen LogP contribution in [-0.4, -0.2) is 91.1 Å². The molecule has 0 radical (unpaired) electrons. The van der Waals surface area contributed by atoms with E-state index >= 15 is 0 Å². The number of H-pyrrole nitrogens is 1. The van der Waals surface area contributed by atoms with Crippen LogP contribution >= 0.6 is 0 Å². The summed E-state index contributed by atoms with van der Waals surface area (Å²) in [6, 6.07) is 1.84. The van der Waals surface area contributed by atoms with Crippen LogP contribution in [0.15, 0.2) is 17.3 Å². The first-order valence-electron chi connectivity index (χ1n) is 9.50. The van der Waals surface area contributed by atoms with E-state index in [4.69, 9.17) is 4.74 Å². The Hall–Kier alpha value is -2.11. The quantitative estimate of drug-likeness (QED) is 0.742. The number of nitrogens with zero attached hydrogens (tertiary/aromatic N) is 6. The molecule has 4 rings (SSSR count). The second-order valence-electron chi connectivity index (χ2n) is 7.38. The monoisotopic (exact) mass is 407 g/mol. The van der Waals surface area contributed by atoms with Gasteiger partial charge in [0.25, 0.3) is 0 Å². The lowest BCUT2D eigenvalue weighted by atomic mass is 9.95. The van der Waals surface area contributed by atoms with Crippen molar-refractivity contribution in [3.05, 3.63) is 12.3 Å². The summed E-state index contributed by atoms with van der Waals surface area (Å²) >= 11 is 0. The van der Waals surface area contributed by atoms with Gasteiger partial charge in [-0.15, -0.1) is 5.10 Å². The van der Waals surface area contributed by atoms with Gasteiger partial charge in [-0.05, 0) is 35.3 Å². The molecule has 2 aromatic rings. The van der Waals surface area contributed by atoms with Crippen LogP contribution in [-0.2, 0) is 14.6 Å². The molecule has 0 bridgehead atoms. The average Bonchev–Trinajstić information content (AvgIpc) is 3.23. The Kier molecular flexibility index (Phi) is 5.56. The van der Waals surface area contributed by atoms with E-state index in [1.165, 1.54) is 0 Å². The number of hydrogen-bond acceptors (Lipinski definition) is 9. The van der Waals surface area contributed by atoms with Gasteiger partial charge in [0.15, 0.2) is 20.7 Å². The molecule has 28 heavy (non-hydrogen) atoms. The zero-order valence-corrected chi connectivity index (χ0v) is 16.7. The average molecular weight is 408 g/mol. The molecule has 1 N–H and O–H groups in total. The molecule has 0 aromatic carbocycles. The first-order chi connectivity index (χ1) is 13.5. The smallest absolute Gasteiger partial charge is 0.193 e. The molecule has 152 valence electrons. The molecule has 2 fully saturated rings. The number of piperidine rings is 1. The molecule has 2 aliphatic heterocycles. The lowest BCUT2D eigenvalue weighted by molar-refractivity contribution is 0.0289. The van der Waals surface area contributed by atoms with Gasteiger partial charge in [-0.3, -0.25) is 4.90 Å². The lowest BCUT2D eigenvalue weighted by Crippen LogP contribution is -2.43. The summed E-state index contributed by atoms with van der Waals surface area (Å²) in [6.07, 6.45) is 4.81. The number of nitrogens with one attached hydrogen (secondary N) is 1. The van der Waals surface area contributed by atoms with Gasteiger partial charge in [-0.1, -0.05) is 0 Å². The number of ether oxygens (including phenoxy) is 1. The third-order valence-corrected chi connectivity index (χ3v) is 6.41. The van der Waals surface area contributed by atoms with Crippen molar-refractivity contribution >= 4 is 15.5 Å². The van der Waals surface area contributed by atoms with E-state index in [0.717, 1.165) is 70.7 Å². The maximum absolute atomic E-state index is 12.3. The van der Waals surface area contributed by atoms with Gasteiger partial charge in [0.1, 0.15) is 0 Å². The Bertz CT molecular complexity index is 889. The molecule has 0 saturated carbocycles. The summed E-state index contributed by atoms with van der Waals surface area (Å²) < 4.78 is 30.0. The molecular formula is C17H25N7O3S. The summed E-state index contributed by atoms with van der Waals surface area (Å²) in [6.45, 7) is 6.46. The van der Waals surface area contributed by atoms with Gasteiger partial charge < -0.3 is 9.64 Å². The summed E-state index contributed by atoms with van der Waals surface area (Å²) in [5.74, 6) is 0.958. The van der Waals surface area contributed by atoms with E-state index in [0.29, 0.717) is 17.3 Å². The van der Waals surface area contributed by atoms with Crippen LogP contribution in [0.5, 0.6) is 0 Å². The number of sulfone groups is 1. The molecule has 0 atom stereocenters. The van der Waals surface area contributed by atoms with Crippen molar-refractivity contribution in [1.29, 1.82) is 0 Å². The fourth-order valence-electron chi connectivity index (χ4n) is 3.97. The Morgan fingerprint density at radius 2 is 1.96 bits per heavy atom. The molecule has 0 unspecified atom stereocenters. The first kappa shape index (κ1) is 19.2. The number of hydrogen-bond donors (Lipinski definition) is 1. The number of aromatic nitrogens is 5. The number of aromatic amines is 1. The highest BCUT2D eigenvalue weighted by Gasteiger charge is 2.28. The van der Waals surface area contributed by atoms with Crippen molar-refractivity contribution in [2.75, 3.05) is 57.1 Å². The molecule has 2 saturated heterocycles. The molecule has 11 heteroatoms. The van der Waals surface area contributed by atoms with Crippen molar-refractivity contribution in [3.63, 3.8) is 0 Å². The SMILES string of the molecule is CS(=O)(=O)c1nccc(N2CCC(CN3CCOCC3)CC2)c1-c1nnn[nH]1. The maximum atomic E-state index is 12.3. The summed E-state index contributed by atoms with van der Waals surface area (Å²) in [4.78, 5) is 8.79. The molecule has 4 heterocycles. The predicted octanol–water partition coefficient (Wildman–Crippen LogP) is 0.214. The minimum absolute atomic E-state index is 0.000935. The first-order valence-corrected chi connectivity index (χ1v) is 11.4. The van der Waals surface area contributed by atoms with Gasteiger partial charge in [0, 0.05) is 45.2 Å². The summed E-state index contributed by atoms with van der Waals surface area (Å²) in [5.41, 5.74) is 1.25. The second kappa shape index (κ2) is 8.10. The van der Waals surface area contributed by atoms with Crippen molar-refractivity contribution in [1.82, 2.24) is 30.5 Å². The van der Waals surface area contributed by atoms with Crippen LogP contribution in [0, 0.1) is 5.92 Å². The van der Waals surface area contributed by atoms with Gasteiger partial charge in [-0.25, -0.2) is 18.5 Å². The van der Waals surface area contributed by atoms with Crippen molar-refractivity contribution < 1.29 is 13.2 Å². The molecule has 0 spiro atoms. The van der Waals surface area contributed by atoms with E-state index in [-0.39, 0.29) is 5.03 Å². The number of tetrazole rings is 1. The lowest BCUT2D eigenvalue weighted by Gasteiger charge is -2.37. The van der Waals surface area contributed by atoms with Crippen molar-refractivity contribution in [2.45, 2.75) is 17.9 Å². The number of morpholine rings is 1. The number of rotatable bonds is 5. The van der Waals surface area contributed by atoms with Gasteiger partial charge >= 0.3 is 0 Å². The van der Waals surface area contributed by atoms with Crippen molar-refractivity contribution in [3.8, 4) is 11.4 Å².